The zero-order valence-corrected chi connectivity index (χ0v) is 7.99. The molecule has 1 unspecified atom stereocenters. The Morgan fingerprint density at radius 3 is 2.92 bits per heavy atom. The number of aromatic nitrogens is 2. The van der Waals surface area contributed by atoms with Crippen LogP contribution in [-0.4, -0.2) is 9.78 Å². The first-order chi connectivity index (χ1) is 6.15. The van der Waals surface area contributed by atoms with Crippen LogP contribution in [0.4, 0.5) is 5.82 Å². The number of aryl methyl sites for hydroxylation is 1. The highest BCUT2D eigenvalue weighted by molar-refractivity contribution is 5.28. The van der Waals surface area contributed by atoms with Crippen LogP contribution >= 0.6 is 0 Å². The predicted octanol–water partition coefficient (Wildman–Crippen LogP) is 1.64. The van der Waals surface area contributed by atoms with Crippen LogP contribution in [0.25, 0.3) is 0 Å². The van der Waals surface area contributed by atoms with E-state index in [9.17, 15) is 0 Å². The number of rotatable bonds is 3. The van der Waals surface area contributed by atoms with Gasteiger partial charge in [0.1, 0.15) is 5.82 Å². The molecule has 0 bridgehead atoms. The lowest BCUT2D eigenvalue weighted by Crippen LogP contribution is -2.08. The molecule has 1 aromatic heterocycles. The molecule has 1 atom stereocenters. The molecule has 0 aromatic carbocycles. The molecule has 0 aliphatic rings. The molecular formula is C9H14N4. The van der Waals surface area contributed by atoms with Gasteiger partial charge in [-0.2, -0.15) is 10.4 Å². The van der Waals surface area contributed by atoms with Gasteiger partial charge in [-0.15, -0.1) is 0 Å². The van der Waals surface area contributed by atoms with Gasteiger partial charge < -0.3 is 5.73 Å². The molecular weight excluding hydrogens is 164 g/mol. The lowest BCUT2D eigenvalue weighted by Gasteiger charge is -2.11. The van der Waals surface area contributed by atoms with Crippen LogP contribution < -0.4 is 5.73 Å². The van der Waals surface area contributed by atoms with Gasteiger partial charge >= 0.3 is 0 Å². The smallest absolute Gasteiger partial charge is 0.145 e. The van der Waals surface area contributed by atoms with E-state index in [0.717, 1.165) is 12.1 Å². The molecule has 2 N–H and O–H groups in total. The Labute approximate surface area is 78.0 Å². The maximum absolute atomic E-state index is 8.43. The van der Waals surface area contributed by atoms with E-state index in [-0.39, 0.29) is 6.04 Å². The zero-order chi connectivity index (χ0) is 9.84. The fourth-order valence-corrected chi connectivity index (χ4v) is 1.35. The average molecular weight is 178 g/mol. The lowest BCUT2D eigenvalue weighted by molar-refractivity contribution is 0.456. The minimum Gasteiger partial charge on any atom is -0.382 e. The quantitative estimate of drug-likeness (QED) is 0.765. The summed E-state index contributed by atoms with van der Waals surface area (Å²) in [7, 11) is 0. The van der Waals surface area contributed by atoms with Crippen LogP contribution in [-0.2, 0) is 0 Å². The van der Waals surface area contributed by atoms with E-state index >= 15 is 0 Å². The van der Waals surface area contributed by atoms with E-state index in [1.165, 1.54) is 0 Å². The molecule has 1 aromatic rings. The third-order valence-corrected chi connectivity index (χ3v) is 2.03. The highest BCUT2D eigenvalue weighted by Crippen LogP contribution is 2.16. The summed E-state index contributed by atoms with van der Waals surface area (Å²) in [5.41, 5.74) is 6.59. The molecule has 4 heteroatoms. The SMILES string of the molecule is Cc1cc(N)nn1C(C)CCC#N. The van der Waals surface area contributed by atoms with Crippen LogP contribution in [0.5, 0.6) is 0 Å². The molecule has 0 spiro atoms. The van der Waals surface area contributed by atoms with Crippen LogP contribution in [0.1, 0.15) is 31.5 Å². The van der Waals surface area contributed by atoms with Gasteiger partial charge in [-0.25, -0.2) is 0 Å². The van der Waals surface area contributed by atoms with Crippen LogP contribution in [0, 0.1) is 18.3 Å². The van der Waals surface area contributed by atoms with Crippen molar-refractivity contribution < 1.29 is 0 Å². The molecule has 1 heterocycles. The standard InChI is InChI=1S/C9H14N4/c1-7(4-3-5-10)13-8(2)6-9(11)12-13/h6-7H,3-4H2,1-2H3,(H2,11,12). The van der Waals surface area contributed by atoms with E-state index < -0.39 is 0 Å². The second-order valence-corrected chi connectivity index (χ2v) is 3.20. The molecule has 0 aliphatic carbocycles. The van der Waals surface area contributed by atoms with E-state index in [4.69, 9.17) is 11.0 Å². The highest BCUT2D eigenvalue weighted by Gasteiger charge is 2.08. The molecule has 0 saturated carbocycles. The summed E-state index contributed by atoms with van der Waals surface area (Å²) < 4.78 is 1.87. The van der Waals surface area contributed by atoms with Crippen molar-refractivity contribution >= 4 is 5.82 Å². The first-order valence-electron chi connectivity index (χ1n) is 4.33. The molecule has 0 aliphatic heterocycles. The molecule has 0 saturated heterocycles. The maximum Gasteiger partial charge on any atom is 0.145 e. The monoisotopic (exact) mass is 178 g/mol. The topological polar surface area (TPSA) is 67.6 Å². The van der Waals surface area contributed by atoms with Crippen molar-refractivity contribution in [1.29, 1.82) is 5.26 Å². The highest BCUT2D eigenvalue weighted by atomic mass is 15.3. The minimum atomic E-state index is 0.247. The predicted molar refractivity (Wildman–Crippen MR) is 50.9 cm³/mol. The maximum atomic E-state index is 8.43. The van der Waals surface area contributed by atoms with Gasteiger partial charge in [0.05, 0.1) is 12.1 Å². The first kappa shape index (κ1) is 9.59. The Kier molecular flexibility index (Phi) is 2.91. The third kappa shape index (κ3) is 2.22. The number of hydrogen-bond acceptors (Lipinski definition) is 3. The van der Waals surface area contributed by atoms with Crippen molar-refractivity contribution in [1.82, 2.24) is 9.78 Å². The van der Waals surface area contributed by atoms with Gasteiger partial charge in [0, 0.05) is 18.2 Å². The van der Waals surface area contributed by atoms with Gasteiger partial charge in [-0.1, -0.05) is 0 Å². The normalized spacial score (nSPS) is 12.4. The zero-order valence-electron chi connectivity index (χ0n) is 7.99. The number of nitrogens with two attached hydrogens (primary N) is 1. The van der Waals surface area contributed by atoms with Crippen molar-refractivity contribution in [2.45, 2.75) is 32.7 Å². The van der Waals surface area contributed by atoms with E-state index in [1.54, 1.807) is 0 Å². The fourth-order valence-electron chi connectivity index (χ4n) is 1.35. The molecule has 0 amide bonds. The largest absolute Gasteiger partial charge is 0.382 e. The average Bonchev–Trinajstić information content (AvgIpc) is 2.41. The van der Waals surface area contributed by atoms with Gasteiger partial charge in [-0.05, 0) is 20.3 Å². The number of nitrogen functional groups attached to an aromatic ring is 1. The second kappa shape index (κ2) is 3.94. The van der Waals surface area contributed by atoms with Crippen molar-refractivity contribution in [2.24, 2.45) is 0 Å². The molecule has 0 radical (unpaired) electrons. The molecule has 13 heavy (non-hydrogen) atoms. The molecule has 1 rings (SSSR count). The van der Waals surface area contributed by atoms with Crippen molar-refractivity contribution in [2.75, 3.05) is 5.73 Å². The van der Waals surface area contributed by atoms with Crippen molar-refractivity contribution in [3.05, 3.63) is 11.8 Å². The number of hydrogen-bond donors (Lipinski definition) is 1. The van der Waals surface area contributed by atoms with E-state index in [2.05, 4.69) is 11.2 Å². The third-order valence-electron chi connectivity index (χ3n) is 2.03. The van der Waals surface area contributed by atoms with E-state index in [0.29, 0.717) is 12.2 Å². The Hall–Kier alpha value is -1.50. The second-order valence-electron chi connectivity index (χ2n) is 3.20. The summed E-state index contributed by atoms with van der Waals surface area (Å²) in [4.78, 5) is 0. The number of nitriles is 1. The molecule has 0 fully saturated rings. The summed E-state index contributed by atoms with van der Waals surface area (Å²) in [5.74, 6) is 0.543. The summed E-state index contributed by atoms with van der Waals surface area (Å²) in [6.07, 6.45) is 1.37. The Morgan fingerprint density at radius 1 is 1.77 bits per heavy atom. The van der Waals surface area contributed by atoms with Crippen molar-refractivity contribution in [3.8, 4) is 6.07 Å². The first-order valence-corrected chi connectivity index (χ1v) is 4.33. The van der Waals surface area contributed by atoms with Crippen LogP contribution in [0.3, 0.4) is 0 Å². The van der Waals surface area contributed by atoms with Gasteiger partial charge in [-0.3, -0.25) is 4.68 Å². The molecule has 4 nitrogen and oxygen atoms in total. The minimum absolute atomic E-state index is 0.247. The lowest BCUT2D eigenvalue weighted by atomic mass is 10.2. The van der Waals surface area contributed by atoms with E-state index in [1.807, 2.05) is 24.6 Å². The number of anilines is 1. The van der Waals surface area contributed by atoms with Crippen LogP contribution in [0.15, 0.2) is 6.07 Å². The Balaban J connectivity index is 2.71. The summed E-state index contributed by atoms with van der Waals surface area (Å²) >= 11 is 0. The van der Waals surface area contributed by atoms with Gasteiger partial charge in [0.2, 0.25) is 0 Å². The Morgan fingerprint density at radius 2 is 2.46 bits per heavy atom. The van der Waals surface area contributed by atoms with Gasteiger partial charge in [0.15, 0.2) is 0 Å². The fraction of sp³-hybridized carbons (Fsp3) is 0.556. The summed E-state index contributed by atoms with van der Waals surface area (Å²) in [6, 6.07) is 4.21. The number of nitrogens with zero attached hydrogens (tertiary/aromatic N) is 3. The molecule has 70 valence electrons. The van der Waals surface area contributed by atoms with Gasteiger partial charge in [0.25, 0.3) is 0 Å². The van der Waals surface area contributed by atoms with Crippen molar-refractivity contribution in [3.63, 3.8) is 0 Å². The summed E-state index contributed by atoms with van der Waals surface area (Å²) in [6.45, 7) is 4.00. The van der Waals surface area contributed by atoms with Crippen LogP contribution in [0.2, 0.25) is 0 Å². The Bertz CT molecular complexity index is 321. The summed E-state index contributed by atoms with van der Waals surface area (Å²) in [5, 5.41) is 12.6.